The van der Waals surface area contributed by atoms with Crippen molar-refractivity contribution < 1.29 is 18.3 Å². The van der Waals surface area contributed by atoms with E-state index in [9.17, 15) is 13.2 Å². The highest BCUT2D eigenvalue weighted by atomic mass is 32.2. The van der Waals surface area contributed by atoms with Crippen LogP contribution in [-0.4, -0.2) is 55.5 Å². The average Bonchev–Trinajstić information content (AvgIpc) is 2.36. The van der Waals surface area contributed by atoms with Gasteiger partial charge in [-0.15, -0.1) is 0 Å². The number of nitrogens with zero attached hydrogens (tertiary/aromatic N) is 1. The normalized spacial score (nSPS) is 22.6. The van der Waals surface area contributed by atoms with Gasteiger partial charge in [-0.1, -0.05) is 13.8 Å². The Morgan fingerprint density at radius 2 is 2.10 bits per heavy atom. The van der Waals surface area contributed by atoms with Crippen molar-refractivity contribution in [3.8, 4) is 0 Å². The first-order valence-electron chi connectivity index (χ1n) is 7.48. The molecule has 0 saturated carbocycles. The third kappa shape index (κ3) is 6.22. The van der Waals surface area contributed by atoms with E-state index in [0.29, 0.717) is 18.9 Å². The van der Waals surface area contributed by atoms with Gasteiger partial charge in [0, 0.05) is 25.3 Å². The van der Waals surface area contributed by atoms with Crippen LogP contribution in [0.5, 0.6) is 0 Å². The molecule has 5 nitrogen and oxygen atoms in total. The minimum absolute atomic E-state index is 0.155. The predicted molar refractivity (Wildman–Crippen MR) is 79.5 cm³/mol. The summed E-state index contributed by atoms with van der Waals surface area (Å²) in [5.74, 6) is 0.261. The minimum Gasteiger partial charge on any atom is -0.481 e. The Bertz CT molecular complexity index is 407. The van der Waals surface area contributed by atoms with Gasteiger partial charge in [-0.3, -0.25) is 4.79 Å². The molecule has 0 aromatic carbocycles. The molecule has 1 rings (SSSR count). The summed E-state index contributed by atoms with van der Waals surface area (Å²) >= 11 is 0. The average molecular weight is 305 g/mol. The Balaban J connectivity index is 2.43. The number of aliphatic carboxylic acids is 1. The number of hydrogen-bond acceptors (Lipinski definition) is 4. The zero-order valence-electron chi connectivity index (χ0n) is 12.5. The Hall–Kier alpha value is -0.620. The molecule has 20 heavy (non-hydrogen) atoms. The van der Waals surface area contributed by atoms with Crippen molar-refractivity contribution in [1.82, 2.24) is 4.90 Å². The first kappa shape index (κ1) is 17.4. The third-order valence-electron chi connectivity index (χ3n) is 4.08. The number of likely N-dealkylation sites (tertiary alicyclic amines) is 1. The van der Waals surface area contributed by atoms with Crippen molar-refractivity contribution in [1.29, 1.82) is 0 Å². The van der Waals surface area contributed by atoms with Crippen molar-refractivity contribution in [3.05, 3.63) is 0 Å². The fourth-order valence-corrected chi connectivity index (χ4v) is 4.24. The van der Waals surface area contributed by atoms with Gasteiger partial charge >= 0.3 is 5.97 Å². The summed E-state index contributed by atoms with van der Waals surface area (Å²) in [6.07, 6.45) is 2.95. The first-order chi connectivity index (χ1) is 9.34. The van der Waals surface area contributed by atoms with Crippen LogP contribution in [0.2, 0.25) is 0 Å². The third-order valence-corrected chi connectivity index (χ3v) is 5.91. The number of sulfone groups is 1. The Kier molecular flexibility index (Phi) is 6.95. The molecule has 1 aliphatic rings. The molecule has 1 heterocycles. The van der Waals surface area contributed by atoms with E-state index in [1.165, 1.54) is 0 Å². The summed E-state index contributed by atoms with van der Waals surface area (Å²) in [6.45, 7) is 6.20. The lowest BCUT2D eigenvalue weighted by Gasteiger charge is -2.35. The fraction of sp³-hybridized carbons (Fsp3) is 0.929. The molecule has 6 heteroatoms. The molecule has 1 saturated heterocycles. The van der Waals surface area contributed by atoms with Crippen LogP contribution in [0.25, 0.3) is 0 Å². The van der Waals surface area contributed by atoms with Gasteiger partial charge in [0.1, 0.15) is 0 Å². The van der Waals surface area contributed by atoms with E-state index in [1.54, 1.807) is 0 Å². The highest BCUT2D eigenvalue weighted by Gasteiger charge is 2.26. The topological polar surface area (TPSA) is 74.7 Å². The molecule has 0 aromatic heterocycles. The monoisotopic (exact) mass is 305 g/mol. The van der Waals surface area contributed by atoms with Crippen molar-refractivity contribution in [2.45, 2.75) is 39.5 Å². The highest BCUT2D eigenvalue weighted by molar-refractivity contribution is 7.91. The van der Waals surface area contributed by atoms with Crippen LogP contribution in [0.15, 0.2) is 0 Å². The second-order valence-electron chi connectivity index (χ2n) is 5.93. The number of rotatable bonds is 8. The van der Waals surface area contributed by atoms with Gasteiger partial charge in [0.05, 0.1) is 5.75 Å². The summed E-state index contributed by atoms with van der Waals surface area (Å²) in [7, 11) is -2.92. The van der Waals surface area contributed by atoms with Gasteiger partial charge in [-0.05, 0) is 37.6 Å². The van der Waals surface area contributed by atoms with Crippen LogP contribution in [0.3, 0.4) is 0 Å². The Labute approximate surface area is 122 Å². The summed E-state index contributed by atoms with van der Waals surface area (Å²) in [4.78, 5) is 13.0. The number of piperidine rings is 1. The molecule has 0 aliphatic carbocycles. The Morgan fingerprint density at radius 1 is 1.40 bits per heavy atom. The van der Waals surface area contributed by atoms with E-state index in [2.05, 4.69) is 4.90 Å². The number of hydrogen-bond donors (Lipinski definition) is 1. The van der Waals surface area contributed by atoms with Crippen LogP contribution in [0.1, 0.15) is 39.5 Å². The lowest BCUT2D eigenvalue weighted by atomic mass is 9.85. The Morgan fingerprint density at radius 3 is 2.70 bits per heavy atom. The zero-order valence-corrected chi connectivity index (χ0v) is 13.4. The molecule has 0 radical (unpaired) electrons. The molecule has 0 spiro atoms. The lowest BCUT2D eigenvalue weighted by Crippen LogP contribution is -2.40. The molecule has 0 bridgehead atoms. The molecule has 1 aliphatic heterocycles. The molecule has 1 fully saturated rings. The highest BCUT2D eigenvalue weighted by Crippen LogP contribution is 2.26. The van der Waals surface area contributed by atoms with E-state index in [1.807, 2.05) is 13.8 Å². The van der Waals surface area contributed by atoms with Crippen LogP contribution < -0.4 is 0 Å². The minimum atomic E-state index is -2.92. The summed E-state index contributed by atoms with van der Waals surface area (Å²) in [5.41, 5.74) is 0. The van der Waals surface area contributed by atoms with E-state index in [-0.39, 0.29) is 23.8 Å². The first-order valence-corrected chi connectivity index (χ1v) is 9.30. The van der Waals surface area contributed by atoms with E-state index < -0.39 is 15.8 Å². The summed E-state index contributed by atoms with van der Waals surface area (Å²) < 4.78 is 23.5. The SMILES string of the molecule is CCCS(=O)(=O)CCN1CCCC(C(C)CC(=O)O)C1. The van der Waals surface area contributed by atoms with E-state index in [4.69, 9.17) is 5.11 Å². The van der Waals surface area contributed by atoms with Gasteiger partial charge in [0.25, 0.3) is 0 Å². The lowest BCUT2D eigenvalue weighted by molar-refractivity contribution is -0.138. The summed E-state index contributed by atoms with van der Waals surface area (Å²) in [5, 5.41) is 8.86. The number of carbonyl (C=O) groups is 1. The maximum atomic E-state index is 11.7. The van der Waals surface area contributed by atoms with Crippen LogP contribution in [-0.2, 0) is 14.6 Å². The fourth-order valence-electron chi connectivity index (χ4n) is 2.88. The van der Waals surface area contributed by atoms with Crippen molar-refractivity contribution >= 4 is 15.8 Å². The van der Waals surface area contributed by atoms with E-state index in [0.717, 1.165) is 25.9 Å². The molecule has 2 atom stereocenters. The van der Waals surface area contributed by atoms with Gasteiger partial charge in [0.15, 0.2) is 9.84 Å². The second kappa shape index (κ2) is 7.98. The number of carboxylic acid groups (broad SMARTS) is 1. The standard InChI is InChI=1S/C14H27NO4S/c1-3-8-20(18,19)9-7-15-6-4-5-13(11-15)12(2)10-14(16)17/h12-13H,3-11H2,1-2H3,(H,16,17). The van der Waals surface area contributed by atoms with Crippen LogP contribution in [0.4, 0.5) is 0 Å². The molecule has 2 unspecified atom stereocenters. The largest absolute Gasteiger partial charge is 0.481 e. The molecule has 0 amide bonds. The van der Waals surface area contributed by atoms with Gasteiger partial charge in [-0.25, -0.2) is 8.42 Å². The van der Waals surface area contributed by atoms with Gasteiger partial charge in [-0.2, -0.15) is 0 Å². The maximum Gasteiger partial charge on any atom is 0.303 e. The molecule has 0 aromatic rings. The molecular weight excluding hydrogens is 278 g/mol. The van der Waals surface area contributed by atoms with Gasteiger partial charge < -0.3 is 10.0 Å². The van der Waals surface area contributed by atoms with Gasteiger partial charge in [0.2, 0.25) is 0 Å². The molecular formula is C14H27NO4S. The molecule has 118 valence electrons. The van der Waals surface area contributed by atoms with Crippen molar-refractivity contribution in [2.75, 3.05) is 31.1 Å². The smallest absolute Gasteiger partial charge is 0.303 e. The van der Waals surface area contributed by atoms with Crippen LogP contribution in [0, 0.1) is 11.8 Å². The number of carboxylic acids is 1. The maximum absolute atomic E-state index is 11.7. The van der Waals surface area contributed by atoms with Crippen LogP contribution >= 0.6 is 0 Å². The van der Waals surface area contributed by atoms with Crippen molar-refractivity contribution in [3.63, 3.8) is 0 Å². The quantitative estimate of drug-likeness (QED) is 0.738. The summed E-state index contributed by atoms with van der Waals surface area (Å²) in [6, 6.07) is 0. The second-order valence-corrected chi connectivity index (χ2v) is 8.23. The predicted octanol–water partition coefficient (Wildman–Crippen LogP) is 1.63. The van der Waals surface area contributed by atoms with E-state index >= 15 is 0 Å². The zero-order chi connectivity index (χ0) is 15.2. The van der Waals surface area contributed by atoms with Crippen molar-refractivity contribution in [2.24, 2.45) is 11.8 Å². The molecule has 1 N–H and O–H groups in total.